The number of carbonyl (C=O) groups excluding carboxylic acids is 1. The summed E-state index contributed by atoms with van der Waals surface area (Å²) in [5.74, 6) is 0.349. The molecule has 25 heavy (non-hydrogen) atoms. The van der Waals surface area contributed by atoms with E-state index in [4.69, 9.17) is 4.42 Å². The topological polar surface area (TPSA) is 68.0 Å². The molecule has 3 rings (SSSR count). The van der Waals surface area contributed by atoms with Crippen LogP contribution in [0.4, 0.5) is 5.69 Å². The van der Waals surface area contributed by atoms with Crippen LogP contribution in [0.3, 0.4) is 0 Å². The highest BCUT2D eigenvalue weighted by molar-refractivity contribution is 8.00. The van der Waals surface area contributed by atoms with E-state index in [2.05, 4.69) is 15.5 Å². The monoisotopic (exact) mass is 353 g/mol. The maximum atomic E-state index is 12.3. The van der Waals surface area contributed by atoms with Crippen LogP contribution >= 0.6 is 11.8 Å². The van der Waals surface area contributed by atoms with Gasteiger partial charge in [-0.2, -0.15) is 0 Å². The number of amides is 1. The highest BCUT2D eigenvalue weighted by atomic mass is 32.2. The van der Waals surface area contributed by atoms with Crippen LogP contribution in [0.2, 0.25) is 0 Å². The van der Waals surface area contributed by atoms with Gasteiger partial charge in [-0.25, -0.2) is 0 Å². The van der Waals surface area contributed by atoms with Crippen molar-refractivity contribution in [2.45, 2.75) is 31.2 Å². The van der Waals surface area contributed by atoms with E-state index in [-0.39, 0.29) is 11.2 Å². The summed E-state index contributed by atoms with van der Waals surface area (Å²) in [5, 5.41) is 11.0. The smallest absolute Gasteiger partial charge is 0.277 e. The van der Waals surface area contributed by atoms with Crippen molar-refractivity contribution in [2.24, 2.45) is 0 Å². The number of benzene rings is 2. The minimum absolute atomic E-state index is 0.107. The summed E-state index contributed by atoms with van der Waals surface area (Å²) in [6.07, 6.45) is 0. The quantitative estimate of drug-likeness (QED) is 0.685. The van der Waals surface area contributed by atoms with Crippen molar-refractivity contribution in [3.05, 3.63) is 59.7 Å². The largest absolute Gasteiger partial charge is 0.411 e. The fraction of sp³-hybridized carbons (Fsp3) is 0.211. The van der Waals surface area contributed by atoms with Gasteiger partial charge in [-0.05, 0) is 45.0 Å². The zero-order valence-electron chi connectivity index (χ0n) is 14.3. The van der Waals surface area contributed by atoms with Crippen LogP contribution in [0.15, 0.2) is 58.2 Å². The molecular formula is C19H19N3O2S. The molecule has 0 radical (unpaired) electrons. The summed E-state index contributed by atoms with van der Waals surface area (Å²) in [6.45, 7) is 5.82. The molecule has 0 aliphatic carbocycles. The molecule has 0 unspecified atom stereocenters. The van der Waals surface area contributed by atoms with Crippen molar-refractivity contribution in [1.82, 2.24) is 10.2 Å². The second kappa shape index (κ2) is 7.53. The Morgan fingerprint density at radius 3 is 2.56 bits per heavy atom. The van der Waals surface area contributed by atoms with Gasteiger partial charge in [0.15, 0.2) is 0 Å². The molecule has 1 amide bonds. The Morgan fingerprint density at radius 2 is 1.84 bits per heavy atom. The number of carbonyl (C=O) groups is 1. The average Bonchev–Trinajstić information content (AvgIpc) is 3.05. The third kappa shape index (κ3) is 4.48. The number of aromatic nitrogens is 2. The summed E-state index contributed by atoms with van der Waals surface area (Å²) < 4.78 is 5.67. The van der Waals surface area contributed by atoms with E-state index in [9.17, 15) is 4.79 Å². The van der Waals surface area contributed by atoms with E-state index in [0.29, 0.717) is 11.1 Å². The number of aryl methyl sites for hydroxylation is 2. The van der Waals surface area contributed by atoms with Crippen molar-refractivity contribution in [1.29, 1.82) is 0 Å². The molecule has 3 aromatic rings. The minimum atomic E-state index is -0.355. The third-order valence-electron chi connectivity index (χ3n) is 3.64. The van der Waals surface area contributed by atoms with Gasteiger partial charge in [-0.3, -0.25) is 4.79 Å². The molecule has 2 aromatic carbocycles. The van der Waals surface area contributed by atoms with Crippen LogP contribution in [-0.4, -0.2) is 21.4 Å². The summed E-state index contributed by atoms with van der Waals surface area (Å²) in [5.41, 5.74) is 3.91. The molecule has 0 saturated heterocycles. The van der Waals surface area contributed by atoms with Gasteiger partial charge in [-0.15, -0.1) is 10.2 Å². The van der Waals surface area contributed by atoms with Crippen molar-refractivity contribution in [3.8, 4) is 11.5 Å². The summed E-state index contributed by atoms with van der Waals surface area (Å²) in [4.78, 5) is 12.3. The van der Waals surface area contributed by atoms with E-state index >= 15 is 0 Å². The van der Waals surface area contributed by atoms with Gasteiger partial charge in [0.1, 0.15) is 0 Å². The molecule has 1 aromatic heterocycles. The molecule has 0 aliphatic heterocycles. The lowest BCUT2D eigenvalue weighted by Crippen LogP contribution is -2.22. The van der Waals surface area contributed by atoms with Crippen LogP contribution in [0, 0.1) is 13.8 Å². The second-order valence-corrected chi connectivity index (χ2v) is 7.15. The minimum Gasteiger partial charge on any atom is -0.411 e. The molecule has 5 nitrogen and oxygen atoms in total. The van der Waals surface area contributed by atoms with Crippen LogP contribution in [0.5, 0.6) is 0 Å². The van der Waals surface area contributed by atoms with Crippen LogP contribution in [-0.2, 0) is 4.79 Å². The lowest BCUT2D eigenvalue weighted by Gasteiger charge is -2.10. The normalized spacial score (nSPS) is 12.0. The zero-order valence-corrected chi connectivity index (χ0v) is 15.1. The molecule has 6 heteroatoms. The lowest BCUT2D eigenvalue weighted by atomic mass is 10.1. The first-order valence-corrected chi connectivity index (χ1v) is 8.84. The molecule has 0 aliphatic rings. The summed E-state index contributed by atoms with van der Waals surface area (Å²) in [6, 6.07) is 15.5. The first kappa shape index (κ1) is 17.2. The molecule has 1 atom stereocenters. The highest BCUT2D eigenvalue weighted by Gasteiger charge is 2.19. The maximum absolute atomic E-state index is 12.3. The van der Waals surface area contributed by atoms with Gasteiger partial charge in [0.25, 0.3) is 5.22 Å². The molecular weight excluding hydrogens is 334 g/mol. The number of hydrogen-bond donors (Lipinski definition) is 1. The predicted octanol–water partition coefficient (Wildman–Crippen LogP) is 4.47. The number of anilines is 1. The predicted molar refractivity (Wildman–Crippen MR) is 99.6 cm³/mol. The van der Waals surface area contributed by atoms with Gasteiger partial charge < -0.3 is 9.73 Å². The molecule has 1 heterocycles. The Hall–Kier alpha value is -2.60. The molecule has 0 saturated carbocycles. The van der Waals surface area contributed by atoms with Gasteiger partial charge in [0, 0.05) is 11.3 Å². The first-order valence-electron chi connectivity index (χ1n) is 7.96. The second-order valence-electron chi connectivity index (χ2n) is 5.86. The van der Waals surface area contributed by atoms with Crippen LogP contribution < -0.4 is 5.32 Å². The van der Waals surface area contributed by atoms with Gasteiger partial charge >= 0.3 is 0 Å². The lowest BCUT2D eigenvalue weighted by molar-refractivity contribution is -0.115. The Morgan fingerprint density at radius 1 is 1.08 bits per heavy atom. The first-order chi connectivity index (χ1) is 12.0. The van der Waals surface area contributed by atoms with E-state index < -0.39 is 0 Å². The third-order valence-corrected chi connectivity index (χ3v) is 4.57. The number of rotatable bonds is 5. The van der Waals surface area contributed by atoms with Gasteiger partial charge in [0.05, 0.1) is 5.25 Å². The molecule has 128 valence electrons. The average molecular weight is 353 g/mol. The van der Waals surface area contributed by atoms with E-state index in [0.717, 1.165) is 22.4 Å². The van der Waals surface area contributed by atoms with Crippen LogP contribution in [0.1, 0.15) is 18.1 Å². The number of hydrogen-bond acceptors (Lipinski definition) is 5. The summed E-state index contributed by atoms with van der Waals surface area (Å²) >= 11 is 1.24. The maximum Gasteiger partial charge on any atom is 0.277 e. The Balaban J connectivity index is 1.64. The van der Waals surface area contributed by atoms with Crippen molar-refractivity contribution < 1.29 is 9.21 Å². The van der Waals surface area contributed by atoms with Gasteiger partial charge in [-0.1, -0.05) is 47.2 Å². The Kier molecular flexibility index (Phi) is 5.19. The van der Waals surface area contributed by atoms with Crippen molar-refractivity contribution in [2.75, 3.05) is 5.32 Å². The molecule has 0 fully saturated rings. The molecule has 1 N–H and O–H groups in total. The fourth-order valence-electron chi connectivity index (χ4n) is 2.24. The number of nitrogens with one attached hydrogen (secondary N) is 1. The standard InChI is InChI=1S/C19H19N3O2S/c1-12-7-9-16(10-8-12)20-17(23)14(3)25-19-22-21-18(24-19)15-6-4-5-13(2)11-15/h4-11,14H,1-3H3,(H,20,23)/t14-/m1/s1. The van der Waals surface area contributed by atoms with Gasteiger partial charge in [0.2, 0.25) is 11.8 Å². The Bertz CT molecular complexity index is 874. The Labute approximate surface area is 150 Å². The van der Waals surface area contributed by atoms with E-state index in [1.807, 2.05) is 69.3 Å². The molecule has 0 bridgehead atoms. The summed E-state index contributed by atoms with van der Waals surface area (Å²) in [7, 11) is 0. The van der Waals surface area contributed by atoms with Crippen LogP contribution in [0.25, 0.3) is 11.5 Å². The van der Waals surface area contributed by atoms with Crippen molar-refractivity contribution >= 4 is 23.4 Å². The van der Waals surface area contributed by atoms with E-state index in [1.165, 1.54) is 11.8 Å². The SMILES string of the molecule is Cc1ccc(NC(=O)[C@@H](C)Sc2nnc(-c3cccc(C)c3)o2)cc1. The van der Waals surface area contributed by atoms with E-state index in [1.54, 1.807) is 0 Å². The van der Waals surface area contributed by atoms with Crippen molar-refractivity contribution in [3.63, 3.8) is 0 Å². The number of nitrogens with zero attached hydrogens (tertiary/aromatic N) is 2. The zero-order chi connectivity index (χ0) is 17.8. The number of thioether (sulfide) groups is 1. The molecule has 0 spiro atoms. The highest BCUT2D eigenvalue weighted by Crippen LogP contribution is 2.27. The fourth-order valence-corrected chi connectivity index (χ4v) is 2.92.